The number of halogens is 1. The number of hydrogen-bond donors (Lipinski definition) is 2. The fourth-order valence-corrected chi connectivity index (χ4v) is 2.00. The lowest BCUT2D eigenvalue weighted by Crippen LogP contribution is -2.20. The molecule has 0 atom stereocenters. The number of hydrogen-bond acceptors (Lipinski definition) is 3. The van der Waals surface area contributed by atoms with Gasteiger partial charge in [-0.25, -0.2) is 4.98 Å². The number of rotatable bonds is 5. The van der Waals surface area contributed by atoms with Gasteiger partial charge in [-0.1, -0.05) is 15.9 Å². The molecule has 0 aliphatic carbocycles. The van der Waals surface area contributed by atoms with Crippen molar-refractivity contribution in [3.8, 4) is 5.75 Å². The topological polar surface area (TPSA) is 67.0 Å². The molecule has 0 bridgehead atoms. The lowest BCUT2D eigenvalue weighted by molar-refractivity contribution is -0.116. The van der Waals surface area contributed by atoms with E-state index in [0.29, 0.717) is 18.1 Å². The van der Waals surface area contributed by atoms with E-state index in [1.54, 1.807) is 25.6 Å². The molecule has 1 aromatic heterocycles. The Hall–Kier alpha value is -2.08. The second kappa shape index (κ2) is 6.91. The molecule has 1 heterocycles. The SMILES string of the molecule is COc1ccc(Br)cc1C=CC(=O)NCc1ncc[nH]1. The summed E-state index contributed by atoms with van der Waals surface area (Å²) in [5.74, 6) is 1.23. The first kappa shape index (κ1) is 14.3. The first-order chi connectivity index (χ1) is 9.69. The largest absolute Gasteiger partial charge is 0.496 e. The molecule has 2 N–H and O–H groups in total. The van der Waals surface area contributed by atoms with Crippen LogP contribution >= 0.6 is 15.9 Å². The Bertz CT molecular complexity index is 609. The number of aromatic amines is 1. The summed E-state index contributed by atoms with van der Waals surface area (Å²) in [5.41, 5.74) is 0.829. The molecule has 0 fully saturated rings. The summed E-state index contributed by atoms with van der Waals surface area (Å²) in [7, 11) is 1.59. The van der Waals surface area contributed by atoms with E-state index in [-0.39, 0.29) is 5.91 Å². The van der Waals surface area contributed by atoms with E-state index in [1.165, 1.54) is 6.08 Å². The first-order valence-electron chi connectivity index (χ1n) is 5.97. The molecule has 1 aromatic carbocycles. The molecule has 0 saturated carbocycles. The summed E-state index contributed by atoms with van der Waals surface area (Å²) in [6, 6.07) is 5.60. The second-order valence-corrected chi connectivity index (χ2v) is 4.89. The number of H-pyrrole nitrogens is 1. The van der Waals surface area contributed by atoms with Crippen molar-refractivity contribution in [3.05, 3.63) is 52.5 Å². The lowest BCUT2D eigenvalue weighted by Gasteiger charge is -2.05. The van der Waals surface area contributed by atoms with Gasteiger partial charge >= 0.3 is 0 Å². The lowest BCUT2D eigenvalue weighted by atomic mass is 10.2. The van der Waals surface area contributed by atoms with Crippen LogP contribution in [-0.4, -0.2) is 23.0 Å². The number of carbonyl (C=O) groups is 1. The number of imidazole rings is 1. The van der Waals surface area contributed by atoms with Gasteiger partial charge in [-0.3, -0.25) is 4.79 Å². The quantitative estimate of drug-likeness (QED) is 0.825. The van der Waals surface area contributed by atoms with Gasteiger partial charge in [0.1, 0.15) is 11.6 Å². The average Bonchev–Trinajstić information content (AvgIpc) is 2.96. The standard InChI is InChI=1S/C14H14BrN3O2/c1-20-12-4-3-11(15)8-10(12)2-5-14(19)18-9-13-16-6-7-17-13/h2-8H,9H2,1H3,(H,16,17)(H,18,19). The van der Waals surface area contributed by atoms with Gasteiger partial charge in [-0.15, -0.1) is 0 Å². The summed E-state index contributed by atoms with van der Waals surface area (Å²) in [6.07, 6.45) is 6.53. The minimum absolute atomic E-state index is 0.191. The molecule has 0 aliphatic rings. The monoisotopic (exact) mass is 335 g/mol. The van der Waals surface area contributed by atoms with Crippen LogP contribution < -0.4 is 10.1 Å². The fourth-order valence-electron chi connectivity index (χ4n) is 1.63. The van der Waals surface area contributed by atoms with E-state index in [2.05, 4.69) is 31.2 Å². The molecule has 0 radical (unpaired) electrons. The number of carbonyl (C=O) groups excluding carboxylic acids is 1. The van der Waals surface area contributed by atoms with Crippen LogP contribution in [0.3, 0.4) is 0 Å². The van der Waals surface area contributed by atoms with Gasteiger partial charge in [0.05, 0.1) is 13.7 Å². The van der Waals surface area contributed by atoms with E-state index >= 15 is 0 Å². The minimum atomic E-state index is -0.191. The third kappa shape index (κ3) is 3.96. The predicted octanol–water partition coefficient (Wildman–Crippen LogP) is 2.51. The first-order valence-corrected chi connectivity index (χ1v) is 6.76. The van der Waals surface area contributed by atoms with Crippen molar-refractivity contribution < 1.29 is 9.53 Å². The van der Waals surface area contributed by atoms with Crippen LogP contribution in [0.25, 0.3) is 6.08 Å². The van der Waals surface area contributed by atoms with Gasteiger partial charge < -0.3 is 15.0 Å². The van der Waals surface area contributed by atoms with Gasteiger partial charge in [0.15, 0.2) is 0 Å². The van der Waals surface area contributed by atoms with E-state index in [9.17, 15) is 4.79 Å². The summed E-state index contributed by atoms with van der Waals surface area (Å²) in [5, 5.41) is 2.74. The van der Waals surface area contributed by atoms with Crippen molar-refractivity contribution in [1.82, 2.24) is 15.3 Å². The average molecular weight is 336 g/mol. The number of methoxy groups -OCH3 is 1. The molecule has 1 amide bonds. The molecular weight excluding hydrogens is 322 g/mol. The Morgan fingerprint density at radius 1 is 1.55 bits per heavy atom. The molecule has 0 spiro atoms. The molecule has 0 unspecified atom stereocenters. The molecule has 0 saturated heterocycles. The van der Waals surface area contributed by atoms with Crippen molar-refractivity contribution in [3.63, 3.8) is 0 Å². The number of nitrogens with one attached hydrogen (secondary N) is 2. The Balaban J connectivity index is 1.98. The van der Waals surface area contributed by atoms with Gasteiger partial charge in [-0.05, 0) is 24.3 Å². The number of amides is 1. The zero-order valence-electron chi connectivity index (χ0n) is 10.9. The van der Waals surface area contributed by atoms with Crippen LogP contribution in [0.5, 0.6) is 5.75 Å². The third-order valence-corrected chi connectivity index (χ3v) is 3.08. The van der Waals surface area contributed by atoms with E-state index in [0.717, 1.165) is 10.0 Å². The molecule has 5 nitrogen and oxygen atoms in total. The van der Waals surface area contributed by atoms with E-state index in [4.69, 9.17) is 4.74 Å². The molecule has 104 valence electrons. The highest BCUT2D eigenvalue weighted by molar-refractivity contribution is 9.10. The van der Waals surface area contributed by atoms with Gasteiger partial charge in [0, 0.05) is 28.5 Å². The molecule has 2 aromatic rings. The molecule has 0 aliphatic heterocycles. The van der Waals surface area contributed by atoms with E-state index in [1.807, 2.05) is 18.2 Å². The molecule has 6 heteroatoms. The Kier molecular flexibility index (Phi) is 4.95. The summed E-state index contributed by atoms with van der Waals surface area (Å²) in [6.45, 7) is 0.367. The third-order valence-electron chi connectivity index (χ3n) is 2.59. The highest BCUT2D eigenvalue weighted by Gasteiger charge is 2.02. The van der Waals surface area contributed by atoms with Crippen LogP contribution in [0.1, 0.15) is 11.4 Å². The van der Waals surface area contributed by atoms with Crippen LogP contribution in [0.4, 0.5) is 0 Å². The molecule has 20 heavy (non-hydrogen) atoms. The number of benzene rings is 1. The summed E-state index contributed by atoms with van der Waals surface area (Å²) in [4.78, 5) is 18.6. The fraction of sp³-hybridized carbons (Fsp3) is 0.143. The summed E-state index contributed by atoms with van der Waals surface area (Å²) >= 11 is 3.39. The zero-order chi connectivity index (χ0) is 14.4. The van der Waals surface area contributed by atoms with Crippen LogP contribution in [0.15, 0.2) is 41.1 Å². The predicted molar refractivity (Wildman–Crippen MR) is 80.2 cm³/mol. The van der Waals surface area contributed by atoms with Crippen molar-refractivity contribution >= 4 is 27.9 Å². The normalized spacial score (nSPS) is 10.7. The Morgan fingerprint density at radius 3 is 3.10 bits per heavy atom. The van der Waals surface area contributed by atoms with Crippen LogP contribution in [0.2, 0.25) is 0 Å². The van der Waals surface area contributed by atoms with Crippen molar-refractivity contribution in [1.29, 1.82) is 0 Å². The molecule has 2 rings (SSSR count). The Morgan fingerprint density at radius 2 is 2.40 bits per heavy atom. The van der Waals surface area contributed by atoms with Crippen molar-refractivity contribution in [2.24, 2.45) is 0 Å². The van der Waals surface area contributed by atoms with Crippen molar-refractivity contribution in [2.75, 3.05) is 7.11 Å². The zero-order valence-corrected chi connectivity index (χ0v) is 12.5. The van der Waals surface area contributed by atoms with Crippen LogP contribution in [-0.2, 0) is 11.3 Å². The van der Waals surface area contributed by atoms with Gasteiger partial charge in [0.2, 0.25) is 5.91 Å². The number of ether oxygens (including phenoxy) is 1. The van der Waals surface area contributed by atoms with Crippen molar-refractivity contribution in [2.45, 2.75) is 6.54 Å². The van der Waals surface area contributed by atoms with Gasteiger partial charge in [0.25, 0.3) is 0 Å². The molecular formula is C14H14BrN3O2. The maximum Gasteiger partial charge on any atom is 0.244 e. The van der Waals surface area contributed by atoms with Gasteiger partial charge in [-0.2, -0.15) is 0 Å². The minimum Gasteiger partial charge on any atom is -0.496 e. The second-order valence-electron chi connectivity index (χ2n) is 3.97. The highest BCUT2D eigenvalue weighted by Crippen LogP contribution is 2.23. The maximum atomic E-state index is 11.7. The van der Waals surface area contributed by atoms with Crippen LogP contribution in [0, 0.1) is 0 Å². The number of nitrogens with zero attached hydrogens (tertiary/aromatic N) is 1. The number of aromatic nitrogens is 2. The highest BCUT2D eigenvalue weighted by atomic mass is 79.9. The van der Waals surface area contributed by atoms with E-state index < -0.39 is 0 Å². The smallest absolute Gasteiger partial charge is 0.244 e. The Labute approximate surface area is 125 Å². The summed E-state index contributed by atoms with van der Waals surface area (Å²) < 4.78 is 6.16. The maximum absolute atomic E-state index is 11.7.